The summed E-state index contributed by atoms with van der Waals surface area (Å²) in [5.74, 6) is -0.541. The highest BCUT2D eigenvalue weighted by molar-refractivity contribution is 7.97. The maximum atomic E-state index is 14.8. The summed E-state index contributed by atoms with van der Waals surface area (Å²) in [5, 5.41) is 0. The maximum Gasteiger partial charge on any atom is 0.165 e. The van der Waals surface area contributed by atoms with Crippen LogP contribution >= 0.6 is 11.8 Å². The highest BCUT2D eigenvalue weighted by Gasteiger charge is 2.21. The minimum atomic E-state index is -0.593. The monoisotopic (exact) mass is 392 g/mol. The summed E-state index contributed by atoms with van der Waals surface area (Å²) in [6.07, 6.45) is 3.21. The lowest BCUT2D eigenvalue weighted by Crippen LogP contribution is -2.24. The van der Waals surface area contributed by atoms with Crippen molar-refractivity contribution in [1.29, 1.82) is 0 Å². The van der Waals surface area contributed by atoms with Crippen molar-refractivity contribution in [3.8, 4) is 5.75 Å². The number of thioether (sulfide) groups is 1. The van der Waals surface area contributed by atoms with Crippen molar-refractivity contribution >= 4 is 23.2 Å². The molecule has 0 aromatic heterocycles. The molecule has 0 unspecified atom stereocenters. The Kier molecular flexibility index (Phi) is 6.11. The zero-order valence-electron chi connectivity index (χ0n) is 15.0. The SMILES string of the molecule is CCOc1cc(F)ccc1C1=NCN(c2cc(F)cc(CSC)c2)C=C1F. The highest BCUT2D eigenvalue weighted by Crippen LogP contribution is 2.29. The van der Waals surface area contributed by atoms with E-state index in [0.29, 0.717) is 23.6 Å². The number of hydrogen-bond acceptors (Lipinski definition) is 4. The summed E-state index contributed by atoms with van der Waals surface area (Å²) in [7, 11) is 0. The van der Waals surface area contributed by atoms with E-state index in [0.717, 1.165) is 5.56 Å². The standard InChI is InChI=1S/C20H19F3N2OS/c1-3-26-19-9-14(21)4-5-17(19)20-18(23)10-25(12-24-20)16-7-13(11-27-2)6-15(22)8-16/h4-10H,3,11-12H2,1-2H3. The quantitative estimate of drug-likeness (QED) is 0.667. The molecule has 142 valence electrons. The van der Waals surface area contributed by atoms with E-state index in [1.807, 2.05) is 12.3 Å². The van der Waals surface area contributed by atoms with Crippen LogP contribution in [0.5, 0.6) is 5.75 Å². The van der Waals surface area contributed by atoms with E-state index in [1.165, 1.54) is 41.4 Å². The molecule has 0 aliphatic carbocycles. The van der Waals surface area contributed by atoms with E-state index in [4.69, 9.17) is 4.74 Å². The number of halogens is 3. The number of anilines is 1. The van der Waals surface area contributed by atoms with Crippen molar-refractivity contribution in [3.05, 3.63) is 71.2 Å². The molecule has 0 radical (unpaired) electrons. The molecule has 0 N–H and O–H groups in total. The van der Waals surface area contributed by atoms with Crippen LogP contribution in [0.1, 0.15) is 18.1 Å². The van der Waals surface area contributed by atoms with Gasteiger partial charge >= 0.3 is 0 Å². The fraction of sp³-hybridized carbons (Fsp3) is 0.250. The molecule has 27 heavy (non-hydrogen) atoms. The molecule has 1 aliphatic heterocycles. The zero-order chi connectivity index (χ0) is 19.4. The van der Waals surface area contributed by atoms with Gasteiger partial charge in [-0.25, -0.2) is 13.2 Å². The van der Waals surface area contributed by atoms with E-state index in [-0.39, 0.29) is 23.9 Å². The van der Waals surface area contributed by atoms with Crippen LogP contribution in [0, 0.1) is 11.6 Å². The van der Waals surface area contributed by atoms with E-state index >= 15 is 0 Å². The molecule has 2 aromatic rings. The van der Waals surface area contributed by atoms with Gasteiger partial charge in [-0.1, -0.05) is 0 Å². The van der Waals surface area contributed by atoms with Crippen LogP contribution in [0.25, 0.3) is 0 Å². The van der Waals surface area contributed by atoms with E-state index < -0.39 is 11.6 Å². The minimum Gasteiger partial charge on any atom is -0.493 e. The molecule has 0 atom stereocenters. The van der Waals surface area contributed by atoms with Gasteiger partial charge in [0.15, 0.2) is 5.83 Å². The molecule has 0 amide bonds. The van der Waals surface area contributed by atoms with Crippen LogP contribution in [0.15, 0.2) is 53.4 Å². The number of allylic oxidation sites excluding steroid dienone is 1. The second kappa shape index (κ2) is 8.52. The van der Waals surface area contributed by atoms with Gasteiger partial charge in [0.2, 0.25) is 0 Å². The van der Waals surface area contributed by atoms with Crippen molar-refractivity contribution in [2.75, 3.05) is 24.4 Å². The topological polar surface area (TPSA) is 24.8 Å². The summed E-state index contributed by atoms with van der Waals surface area (Å²) in [6, 6.07) is 8.52. The van der Waals surface area contributed by atoms with Gasteiger partial charge in [0.05, 0.1) is 6.61 Å². The molecule has 0 fully saturated rings. The number of benzene rings is 2. The minimum absolute atomic E-state index is 0.0930. The van der Waals surface area contributed by atoms with Gasteiger partial charge < -0.3 is 9.64 Å². The molecule has 0 spiro atoms. The molecule has 0 saturated carbocycles. The second-order valence-electron chi connectivity index (χ2n) is 5.92. The third kappa shape index (κ3) is 4.47. The van der Waals surface area contributed by atoms with Gasteiger partial charge in [-0.3, -0.25) is 4.99 Å². The summed E-state index contributed by atoms with van der Waals surface area (Å²) < 4.78 is 47.6. The summed E-state index contributed by atoms with van der Waals surface area (Å²) in [5.41, 5.74) is 1.82. The Morgan fingerprint density at radius 1 is 1.11 bits per heavy atom. The summed E-state index contributed by atoms with van der Waals surface area (Å²) in [4.78, 5) is 5.82. The van der Waals surface area contributed by atoms with E-state index in [9.17, 15) is 13.2 Å². The Morgan fingerprint density at radius 3 is 2.63 bits per heavy atom. The first-order valence-corrected chi connectivity index (χ1v) is 9.81. The fourth-order valence-corrected chi connectivity index (χ4v) is 3.35. The van der Waals surface area contributed by atoms with Crippen molar-refractivity contribution in [2.24, 2.45) is 4.99 Å². The van der Waals surface area contributed by atoms with Crippen LogP contribution in [0.3, 0.4) is 0 Å². The van der Waals surface area contributed by atoms with Crippen LogP contribution in [-0.4, -0.2) is 25.2 Å². The molecule has 0 bridgehead atoms. The van der Waals surface area contributed by atoms with Gasteiger partial charge in [0, 0.05) is 29.3 Å². The molecular formula is C20H19F3N2OS. The van der Waals surface area contributed by atoms with Crippen molar-refractivity contribution in [2.45, 2.75) is 12.7 Å². The molecule has 3 nitrogen and oxygen atoms in total. The fourth-order valence-electron chi connectivity index (χ4n) is 2.85. The predicted molar refractivity (Wildman–Crippen MR) is 104 cm³/mol. The third-order valence-electron chi connectivity index (χ3n) is 3.96. The molecule has 0 saturated heterocycles. The van der Waals surface area contributed by atoms with Crippen LogP contribution in [-0.2, 0) is 5.75 Å². The van der Waals surface area contributed by atoms with Crippen molar-refractivity contribution in [3.63, 3.8) is 0 Å². The molecule has 1 aliphatic rings. The van der Waals surface area contributed by atoms with Crippen LogP contribution < -0.4 is 9.64 Å². The molecule has 2 aromatic carbocycles. The zero-order valence-corrected chi connectivity index (χ0v) is 15.8. The lowest BCUT2D eigenvalue weighted by Gasteiger charge is -2.24. The average molecular weight is 392 g/mol. The summed E-state index contributed by atoms with van der Waals surface area (Å²) >= 11 is 1.58. The third-order valence-corrected chi connectivity index (χ3v) is 4.58. The first-order chi connectivity index (χ1) is 13.0. The Bertz CT molecular complexity index is 899. The average Bonchev–Trinajstić information content (AvgIpc) is 2.62. The largest absolute Gasteiger partial charge is 0.493 e. The number of aliphatic imine (C=N–C) groups is 1. The van der Waals surface area contributed by atoms with Crippen molar-refractivity contribution in [1.82, 2.24) is 0 Å². The van der Waals surface area contributed by atoms with Gasteiger partial charge in [0.1, 0.15) is 29.8 Å². The Morgan fingerprint density at radius 2 is 1.93 bits per heavy atom. The lowest BCUT2D eigenvalue weighted by molar-refractivity contribution is 0.337. The van der Waals surface area contributed by atoms with Gasteiger partial charge in [-0.15, -0.1) is 0 Å². The Balaban J connectivity index is 1.90. The van der Waals surface area contributed by atoms with E-state index in [2.05, 4.69) is 4.99 Å². The van der Waals surface area contributed by atoms with Crippen LogP contribution in [0.4, 0.5) is 18.9 Å². The smallest absolute Gasteiger partial charge is 0.165 e. The maximum absolute atomic E-state index is 14.8. The van der Waals surface area contributed by atoms with Gasteiger partial charge in [0.25, 0.3) is 0 Å². The first-order valence-electron chi connectivity index (χ1n) is 8.41. The van der Waals surface area contributed by atoms with Crippen molar-refractivity contribution < 1.29 is 17.9 Å². The molecular weight excluding hydrogens is 373 g/mol. The normalized spacial score (nSPS) is 14.0. The molecule has 7 heteroatoms. The predicted octanol–water partition coefficient (Wildman–Crippen LogP) is 5.30. The highest BCUT2D eigenvalue weighted by atomic mass is 32.2. The number of hydrogen-bond donors (Lipinski definition) is 0. The summed E-state index contributed by atoms with van der Waals surface area (Å²) in [6.45, 7) is 2.21. The number of nitrogens with zero attached hydrogens (tertiary/aromatic N) is 2. The van der Waals surface area contributed by atoms with E-state index in [1.54, 1.807) is 18.7 Å². The molecule has 3 rings (SSSR count). The first kappa shape index (κ1) is 19.4. The second-order valence-corrected chi connectivity index (χ2v) is 6.79. The number of rotatable bonds is 6. The van der Waals surface area contributed by atoms with Crippen LogP contribution in [0.2, 0.25) is 0 Å². The number of ether oxygens (including phenoxy) is 1. The Hall–Kier alpha value is -2.41. The van der Waals surface area contributed by atoms with Gasteiger partial charge in [-0.05, 0) is 49.1 Å². The molecule has 1 heterocycles. The Labute approximate surface area is 160 Å². The van der Waals surface area contributed by atoms with Gasteiger partial charge in [-0.2, -0.15) is 11.8 Å². The lowest BCUT2D eigenvalue weighted by atomic mass is 10.1.